The van der Waals surface area contributed by atoms with Crippen LogP contribution in [0.4, 0.5) is 0 Å². The predicted octanol–water partition coefficient (Wildman–Crippen LogP) is 2.09. The average molecular weight is 442 g/mol. The molecule has 2 rings (SSSR count). The molecule has 2 aromatic carbocycles. The maximum atomic E-state index is 12.3. The first-order valence-corrected chi connectivity index (χ1v) is 7.86. The largest absolute Gasteiger partial charge is 0.507 e. The molecule has 3 N–H and O–H groups in total. The monoisotopic (exact) mass is 442 g/mol. The van der Waals surface area contributed by atoms with E-state index in [0.29, 0.717) is 20.6 Å². The molecule has 2 amide bonds. The highest BCUT2D eigenvalue weighted by molar-refractivity contribution is 14.1. The van der Waals surface area contributed by atoms with Crippen LogP contribution in [0.5, 0.6) is 17.2 Å². The number of methoxy groups -OCH3 is 2. The van der Waals surface area contributed by atoms with Gasteiger partial charge in [-0.25, -0.2) is 0 Å². The smallest absolute Gasteiger partial charge is 0.273 e. The Morgan fingerprint density at radius 3 is 2.08 bits per heavy atom. The molecule has 2 aromatic rings. The van der Waals surface area contributed by atoms with Crippen molar-refractivity contribution in [2.75, 3.05) is 14.2 Å². The molecule has 126 valence electrons. The van der Waals surface area contributed by atoms with Crippen molar-refractivity contribution in [2.24, 2.45) is 0 Å². The summed E-state index contributed by atoms with van der Waals surface area (Å²) in [5, 5.41) is 9.63. The molecular weight excluding hydrogens is 427 g/mol. The van der Waals surface area contributed by atoms with Crippen LogP contribution in [-0.2, 0) is 0 Å². The van der Waals surface area contributed by atoms with Gasteiger partial charge in [-0.05, 0) is 46.9 Å². The summed E-state index contributed by atoms with van der Waals surface area (Å²) in [4.78, 5) is 24.2. The van der Waals surface area contributed by atoms with Crippen molar-refractivity contribution in [1.82, 2.24) is 10.9 Å². The minimum atomic E-state index is -0.628. The van der Waals surface area contributed by atoms with Gasteiger partial charge in [-0.2, -0.15) is 0 Å². The van der Waals surface area contributed by atoms with Crippen LogP contribution in [0.1, 0.15) is 20.7 Å². The second-order valence-corrected chi connectivity index (χ2v) is 5.77. The molecule has 0 atom stereocenters. The van der Waals surface area contributed by atoms with Gasteiger partial charge < -0.3 is 14.6 Å². The summed E-state index contributed by atoms with van der Waals surface area (Å²) < 4.78 is 11.0. The lowest BCUT2D eigenvalue weighted by atomic mass is 10.2. The van der Waals surface area contributed by atoms with Gasteiger partial charge >= 0.3 is 0 Å². The number of hydrogen-bond acceptors (Lipinski definition) is 5. The molecule has 8 heteroatoms. The molecule has 0 spiro atoms. The Labute approximate surface area is 152 Å². The number of rotatable bonds is 4. The van der Waals surface area contributed by atoms with Crippen LogP contribution in [0.25, 0.3) is 0 Å². The highest BCUT2D eigenvalue weighted by atomic mass is 127. The second kappa shape index (κ2) is 7.86. The fourth-order valence-corrected chi connectivity index (χ4v) is 2.63. The zero-order chi connectivity index (χ0) is 17.7. The van der Waals surface area contributed by atoms with Crippen LogP contribution in [0, 0.1) is 3.57 Å². The minimum Gasteiger partial charge on any atom is -0.507 e. The Hall–Kier alpha value is -2.49. The van der Waals surface area contributed by atoms with E-state index in [2.05, 4.69) is 10.9 Å². The predicted molar refractivity (Wildman–Crippen MR) is 95.3 cm³/mol. The lowest BCUT2D eigenvalue weighted by Crippen LogP contribution is -2.41. The minimum absolute atomic E-state index is 0.0554. The molecule has 0 aliphatic heterocycles. The third-order valence-electron chi connectivity index (χ3n) is 3.16. The van der Waals surface area contributed by atoms with Crippen molar-refractivity contribution in [2.45, 2.75) is 0 Å². The Balaban J connectivity index is 2.13. The summed E-state index contributed by atoms with van der Waals surface area (Å²) in [6, 6.07) is 9.19. The summed E-state index contributed by atoms with van der Waals surface area (Å²) >= 11 is 1.98. The summed E-state index contributed by atoms with van der Waals surface area (Å²) in [6.45, 7) is 0. The van der Waals surface area contributed by atoms with Gasteiger partial charge in [-0.1, -0.05) is 12.1 Å². The molecule has 0 unspecified atom stereocenters. The number of para-hydroxylation sites is 1. The number of hydrogen-bond donors (Lipinski definition) is 3. The van der Waals surface area contributed by atoms with E-state index in [1.165, 1.54) is 32.4 Å². The number of phenols is 1. The van der Waals surface area contributed by atoms with E-state index in [1.54, 1.807) is 18.2 Å². The maximum absolute atomic E-state index is 12.3. The zero-order valence-corrected chi connectivity index (χ0v) is 15.1. The van der Waals surface area contributed by atoms with Gasteiger partial charge in [0.15, 0.2) is 11.5 Å². The fourth-order valence-electron chi connectivity index (χ4n) is 1.94. The van der Waals surface area contributed by atoms with Crippen LogP contribution in [-0.4, -0.2) is 31.1 Å². The molecule has 0 bridgehead atoms. The summed E-state index contributed by atoms with van der Waals surface area (Å²) in [5.74, 6) is -0.433. The number of carbonyl (C=O) groups excluding carboxylic acids is 2. The highest BCUT2D eigenvalue weighted by Crippen LogP contribution is 2.31. The van der Waals surface area contributed by atoms with Gasteiger partial charge in [0.2, 0.25) is 0 Å². The first-order valence-electron chi connectivity index (χ1n) is 6.78. The molecule has 0 saturated carbocycles. The molecule has 0 fully saturated rings. The Morgan fingerprint density at radius 2 is 1.50 bits per heavy atom. The molecule has 0 aliphatic carbocycles. The summed E-state index contributed by atoms with van der Waals surface area (Å²) in [5.41, 5.74) is 4.93. The molecule has 0 saturated heterocycles. The second-order valence-electron chi connectivity index (χ2n) is 4.61. The van der Waals surface area contributed by atoms with Gasteiger partial charge in [0.05, 0.1) is 25.3 Å². The number of ether oxygens (including phenoxy) is 2. The van der Waals surface area contributed by atoms with Crippen molar-refractivity contribution in [3.05, 3.63) is 51.1 Å². The van der Waals surface area contributed by atoms with Crippen molar-refractivity contribution in [3.8, 4) is 17.2 Å². The normalized spacial score (nSPS) is 9.96. The SMILES string of the molecule is COc1cc(I)c(C(=O)NNC(=O)c2ccccc2O)cc1OC. The number of phenolic OH excluding ortho intramolecular Hbond substituents is 1. The zero-order valence-electron chi connectivity index (χ0n) is 12.9. The molecule has 0 aromatic heterocycles. The van der Waals surface area contributed by atoms with E-state index in [4.69, 9.17) is 9.47 Å². The summed E-state index contributed by atoms with van der Waals surface area (Å²) in [7, 11) is 2.96. The van der Waals surface area contributed by atoms with Gasteiger partial charge in [-0.3, -0.25) is 20.4 Å². The molecular formula is C16H15IN2O5. The van der Waals surface area contributed by atoms with Crippen molar-refractivity contribution in [1.29, 1.82) is 0 Å². The van der Waals surface area contributed by atoms with Gasteiger partial charge in [-0.15, -0.1) is 0 Å². The Kier molecular flexibility index (Phi) is 5.85. The molecule has 24 heavy (non-hydrogen) atoms. The Morgan fingerprint density at radius 1 is 0.958 bits per heavy atom. The van der Waals surface area contributed by atoms with E-state index < -0.39 is 11.8 Å². The van der Waals surface area contributed by atoms with Gasteiger partial charge in [0.25, 0.3) is 11.8 Å². The number of amides is 2. The van der Waals surface area contributed by atoms with Crippen molar-refractivity contribution in [3.63, 3.8) is 0 Å². The van der Waals surface area contributed by atoms with Crippen LogP contribution >= 0.6 is 22.6 Å². The quantitative estimate of drug-likeness (QED) is 0.498. The lowest BCUT2D eigenvalue weighted by molar-refractivity contribution is 0.0844. The van der Waals surface area contributed by atoms with Crippen molar-refractivity contribution >= 4 is 34.4 Å². The summed E-state index contributed by atoms with van der Waals surface area (Å²) in [6.07, 6.45) is 0. The lowest BCUT2D eigenvalue weighted by Gasteiger charge is -2.13. The maximum Gasteiger partial charge on any atom is 0.273 e. The van der Waals surface area contributed by atoms with E-state index in [0.717, 1.165) is 0 Å². The first kappa shape index (κ1) is 17.9. The van der Waals surface area contributed by atoms with Crippen LogP contribution < -0.4 is 20.3 Å². The number of carbonyl (C=O) groups is 2. The van der Waals surface area contributed by atoms with Gasteiger partial charge in [0, 0.05) is 3.57 Å². The van der Waals surface area contributed by atoms with Crippen molar-refractivity contribution < 1.29 is 24.2 Å². The molecule has 0 heterocycles. The number of halogens is 1. The number of nitrogens with one attached hydrogen (secondary N) is 2. The Bertz CT molecular complexity index is 779. The van der Waals surface area contributed by atoms with E-state index in [1.807, 2.05) is 22.6 Å². The standard InChI is InChI=1S/C16H15IN2O5/c1-23-13-7-10(11(17)8-14(13)24-2)16(22)19-18-15(21)9-5-3-4-6-12(9)20/h3-8,20H,1-2H3,(H,18,21)(H,19,22). The molecule has 0 radical (unpaired) electrons. The number of aromatic hydroxyl groups is 1. The topological polar surface area (TPSA) is 96.9 Å². The van der Waals surface area contributed by atoms with E-state index >= 15 is 0 Å². The molecule has 0 aliphatic rings. The third-order valence-corrected chi connectivity index (χ3v) is 4.05. The third kappa shape index (κ3) is 3.88. The number of benzene rings is 2. The first-order chi connectivity index (χ1) is 11.5. The van der Waals surface area contributed by atoms with Crippen LogP contribution in [0.2, 0.25) is 0 Å². The molecule has 7 nitrogen and oxygen atoms in total. The van der Waals surface area contributed by atoms with E-state index in [-0.39, 0.29) is 11.3 Å². The fraction of sp³-hybridized carbons (Fsp3) is 0.125. The average Bonchev–Trinajstić information content (AvgIpc) is 2.59. The van der Waals surface area contributed by atoms with Crippen LogP contribution in [0.15, 0.2) is 36.4 Å². The number of hydrazine groups is 1. The van der Waals surface area contributed by atoms with Gasteiger partial charge in [0.1, 0.15) is 5.75 Å². The van der Waals surface area contributed by atoms with E-state index in [9.17, 15) is 14.7 Å². The highest BCUT2D eigenvalue weighted by Gasteiger charge is 2.17. The van der Waals surface area contributed by atoms with Crippen LogP contribution in [0.3, 0.4) is 0 Å².